The first-order chi connectivity index (χ1) is 12.2. The molecule has 2 heterocycles. The van der Waals surface area contributed by atoms with Gasteiger partial charge >= 0.3 is 0 Å². The summed E-state index contributed by atoms with van der Waals surface area (Å²) in [5, 5.41) is 5.29. The summed E-state index contributed by atoms with van der Waals surface area (Å²) in [7, 11) is 1.89. The smallest absolute Gasteiger partial charge is 0.163 e. The monoisotopic (exact) mass is 339 g/mol. The van der Waals surface area contributed by atoms with Gasteiger partial charge in [0, 0.05) is 19.6 Å². The van der Waals surface area contributed by atoms with Crippen LogP contribution >= 0.6 is 0 Å². The fraction of sp³-hybridized carbons (Fsp3) is 0.421. The number of nitrogens with zero attached hydrogens (tertiary/aromatic N) is 5. The minimum absolute atomic E-state index is 0.136. The average molecular weight is 339 g/mol. The highest BCUT2D eigenvalue weighted by atomic mass is 19.1. The van der Waals surface area contributed by atoms with Crippen molar-refractivity contribution in [3.05, 3.63) is 48.2 Å². The van der Waals surface area contributed by atoms with Gasteiger partial charge in [0.2, 0.25) is 0 Å². The Kier molecular flexibility index (Phi) is 4.34. The van der Waals surface area contributed by atoms with Crippen molar-refractivity contribution < 1.29 is 4.39 Å². The van der Waals surface area contributed by atoms with Gasteiger partial charge in [-0.15, -0.1) is 0 Å². The molecule has 1 saturated carbocycles. The first-order valence-electron chi connectivity index (χ1n) is 8.87. The van der Waals surface area contributed by atoms with Gasteiger partial charge in [-0.2, -0.15) is 5.10 Å². The highest BCUT2D eigenvalue weighted by Crippen LogP contribution is 2.31. The van der Waals surface area contributed by atoms with E-state index >= 15 is 0 Å². The van der Waals surface area contributed by atoms with Crippen molar-refractivity contribution in [1.29, 1.82) is 0 Å². The van der Waals surface area contributed by atoms with Crippen molar-refractivity contribution in [2.24, 2.45) is 7.05 Å². The van der Waals surface area contributed by atoms with Gasteiger partial charge in [0.05, 0.1) is 11.6 Å². The number of anilines is 1. The van der Waals surface area contributed by atoms with E-state index in [1.165, 1.54) is 18.9 Å². The Morgan fingerprint density at radius 1 is 1.20 bits per heavy atom. The average Bonchev–Trinajstić information content (AvgIpc) is 3.28. The van der Waals surface area contributed by atoms with Crippen LogP contribution in [-0.2, 0) is 13.5 Å². The number of hydrogen-bond acceptors (Lipinski definition) is 4. The normalized spacial score (nSPS) is 15.1. The Hall–Kier alpha value is -2.50. The maximum Gasteiger partial charge on any atom is 0.163 e. The van der Waals surface area contributed by atoms with E-state index in [2.05, 4.69) is 20.0 Å². The maximum absolute atomic E-state index is 14.0. The van der Waals surface area contributed by atoms with Crippen LogP contribution in [-0.4, -0.2) is 32.3 Å². The van der Waals surface area contributed by atoms with Crippen molar-refractivity contribution >= 4 is 16.9 Å². The molecule has 0 aliphatic heterocycles. The summed E-state index contributed by atoms with van der Waals surface area (Å²) in [5.74, 6) is 0.782. The number of halogens is 1. The summed E-state index contributed by atoms with van der Waals surface area (Å²) in [5.41, 5.74) is 1.58. The third-order valence-corrected chi connectivity index (χ3v) is 5.13. The van der Waals surface area contributed by atoms with Crippen molar-refractivity contribution in [3.8, 4) is 0 Å². The Morgan fingerprint density at radius 3 is 2.80 bits per heavy atom. The van der Waals surface area contributed by atoms with Gasteiger partial charge < -0.3 is 4.90 Å². The largest absolute Gasteiger partial charge is 0.353 e. The molecule has 130 valence electrons. The van der Waals surface area contributed by atoms with E-state index < -0.39 is 0 Å². The molecule has 0 unspecified atom stereocenters. The van der Waals surface area contributed by atoms with Crippen LogP contribution in [0, 0.1) is 5.82 Å². The van der Waals surface area contributed by atoms with Gasteiger partial charge in [-0.25, -0.2) is 14.4 Å². The topological polar surface area (TPSA) is 46.8 Å². The molecule has 5 nitrogen and oxygen atoms in total. The molecule has 6 heteroatoms. The van der Waals surface area contributed by atoms with Crippen LogP contribution in [0.25, 0.3) is 11.0 Å². The van der Waals surface area contributed by atoms with Gasteiger partial charge in [-0.1, -0.05) is 31.0 Å². The maximum atomic E-state index is 14.0. The van der Waals surface area contributed by atoms with Crippen molar-refractivity contribution in [1.82, 2.24) is 19.7 Å². The first kappa shape index (κ1) is 16.0. The summed E-state index contributed by atoms with van der Waals surface area (Å²) < 4.78 is 15.8. The van der Waals surface area contributed by atoms with Gasteiger partial charge in [-0.3, -0.25) is 4.68 Å². The van der Waals surface area contributed by atoms with Crippen LogP contribution in [0.3, 0.4) is 0 Å². The second-order valence-electron chi connectivity index (χ2n) is 6.68. The zero-order chi connectivity index (χ0) is 17.2. The Balaban J connectivity index is 1.67. The van der Waals surface area contributed by atoms with Crippen LogP contribution in [0.15, 0.2) is 36.8 Å². The lowest BCUT2D eigenvalue weighted by Crippen LogP contribution is -2.36. The number of aromatic nitrogens is 4. The molecule has 0 N–H and O–H groups in total. The predicted molar refractivity (Wildman–Crippen MR) is 96.0 cm³/mol. The predicted octanol–water partition coefficient (Wildman–Crippen LogP) is 3.49. The molecule has 1 aliphatic carbocycles. The number of rotatable bonds is 5. The third-order valence-electron chi connectivity index (χ3n) is 5.13. The number of aryl methyl sites for hydroxylation is 1. The standard InChI is InChI=1S/C19H22FN5/c1-24-18-16(12-23-24)19(22-13-21-18)25(15-7-3-4-8-15)11-10-14-6-2-5-9-17(14)20/h2,5-6,9,12-13,15H,3-4,7-8,10-11H2,1H3. The fourth-order valence-electron chi connectivity index (χ4n) is 3.80. The summed E-state index contributed by atoms with van der Waals surface area (Å²) in [6, 6.07) is 7.46. The van der Waals surface area contributed by atoms with E-state index in [1.807, 2.05) is 25.4 Å². The van der Waals surface area contributed by atoms with Gasteiger partial charge in [0.1, 0.15) is 18.0 Å². The quantitative estimate of drug-likeness (QED) is 0.714. The fourth-order valence-corrected chi connectivity index (χ4v) is 3.80. The minimum atomic E-state index is -0.136. The molecule has 1 aliphatic rings. The number of benzene rings is 1. The molecule has 1 aromatic carbocycles. The van der Waals surface area contributed by atoms with Crippen LogP contribution in [0.5, 0.6) is 0 Å². The summed E-state index contributed by atoms with van der Waals surface area (Å²) >= 11 is 0. The molecule has 0 bridgehead atoms. The molecular formula is C19H22FN5. The summed E-state index contributed by atoms with van der Waals surface area (Å²) in [4.78, 5) is 11.3. The molecule has 0 radical (unpaired) electrons. The molecule has 3 aromatic rings. The first-order valence-corrected chi connectivity index (χ1v) is 8.87. The second-order valence-corrected chi connectivity index (χ2v) is 6.68. The SMILES string of the molecule is Cn1ncc2c(N(CCc3ccccc3F)C3CCCC3)ncnc21. The molecule has 0 atom stereocenters. The zero-order valence-electron chi connectivity index (χ0n) is 14.4. The molecular weight excluding hydrogens is 317 g/mol. The third kappa shape index (κ3) is 3.08. The molecule has 0 spiro atoms. The van der Waals surface area contributed by atoms with Crippen LogP contribution in [0.4, 0.5) is 10.2 Å². The highest BCUT2D eigenvalue weighted by Gasteiger charge is 2.26. The van der Waals surface area contributed by atoms with Gasteiger partial charge in [0.15, 0.2) is 5.65 Å². The van der Waals surface area contributed by atoms with Gasteiger partial charge in [0.25, 0.3) is 0 Å². The highest BCUT2D eigenvalue weighted by molar-refractivity contribution is 5.86. The van der Waals surface area contributed by atoms with Crippen LogP contribution < -0.4 is 4.90 Å². The van der Waals surface area contributed by atoms with Crippen molar-refractivity contribution in [3.63, 3.8) is 0 Å². The van der Waals surface area contributed by atoms with E-state index in [1.54, 1.807) is 17.1 Å². The van der Waals surface area contributed by atoms with E-state index in [-0.39, 0.29) is 5.82 Å². The Morgan fingerprint density at radius 2 is 2.00 bits per heavy atom. The van der Waals surface area contributed by atoms with E-state index in [4.69, 9.17) is 0 Å². The molecule has 25 heavy (non-hydrogen) atoms. The Bertz CT molecular complexity index is 869. The van der Waals surface area contributed by atoms with Crippen molar-refractivity contribution in [2.45, 2.75) is 38.1 Å². The number of hydrogen-bond donors (Lipinski definition) is 0. The summed E-state index contributed by atoms with van der Waals surface area (Å²) in [6.07, 6.45) is 8.88. The lowest BCUT2D eigenvalue weighted by molar-refractivity contribution is 0.579. The minimum Gasteiger partial charge on any atom is -0.353 e. The second kappa shape index (κ2) is 6.78. The van der Waals surface area contributed by atoms with Gasteiger partial charge in [-0.05, 0) is 30.9 Å². The van der Waals surface area contributed by atoms with E-state index in [9.17, 15) is 4.39 Å². The van der Waals surface area contributed by atoms with E-state index in [0.29, 0.717) is 12.5 Å². The summed E-state index contributed by atoms with van der Waals surface area (Å²) in [6.45, 7) is 0.743. The van der Waals surface area contributed by atoms with Crippen LogP contribution in [0.2, 0.25) is 0 Å². The molecule has 1 fully saturated rings. The zero-order valence-corrected chi connectivity index (χ0v) is 14.4. The van der Waals surface area contributed by atoms with Crippen molar-refractivity contribution in [2.75, 3.05) is 11.4 Å². The Labute approximate surface area is 146 Å². The van der Waals surface area contributed by atoms with Crippen LogP contribution in [0.1, 0.15) is 31.2 Å². The molecule has 0 amide bonds. The lowest BCUT2D eigenvalue weighted by Gasteiger charge is -2.30. The number of fused-ring (bicyclic) bond motifs is 1. The molecule has 4 rings (SSSR count). The molecule has 2 aromatic heterocycles. The molecule has 0 saturated heterocycles. The van der Waals surface area contributed by atoms with E-state index in [0.717, 1.165) is 41.8 Å². The lowest BCUT2D eigenvalue weighted by atomic mass is 10.1.